The number of nitrogens with zero attached hydrogens (tertiary/aromatic N) is 2. The standard InChI is InChI=1S/C27H23Cl2IN2O4/c28-19-8-4-17(5-9-19)16-32-25(18-6-10-20(29)11-7-18)27(36)31(14-2-1-3-24(33)34)23-13-12-21(30)15-22(23)26(32)35/h4-13,15,25H,1-3,14,16H2,(H,33,34). The first-order valence-corrected chi connectivity index (χ1v) is 13.2. The van der Waals surface area contributed by atoms with Crippen LogP contribution in [-0.4, -0.2) is 34.3 Å². The first-order chi connectivity index (χ1) is 17.2. The summed E-state index contributed by atoms with van der Waals surface area (Å²) < 4.78 is 0.870. The van der Waals surface area contributed by atoms with Gasteiger partial charge in [-0.05, 0) is 89.0 Å². The number of fused-ring (bicyclic) bond motifs is 1. The highest BCUT2D eigenvalue weighted by molar-refractivity contribution is 14.1. The molecule has 0 saturated carbocycles. The molecule has 1 atom stereocenters. The van der Waals surface area contributed by atoms with Crippen LogP contribution in [0.1, 0.15) is 46.8 Å². The van der Waals surface area contributed by atoms with Gasteiger partial charge in [0.1, 0.15) is 6.04 Å². The summed E-state index contributed by atoms with van der Waals surface area (Å²) in [5.74, 6) is -1.40. The third kappa shape index (κ3) is 6.02. The number of halogens is 3. The lowest BCUT2D eigenvalue weighted by Crippen LogP contribution is -2.42. The van der Waals surface area contributed by atoms with Crippen molar-refractivity contribution in [1.82, 2.24) is 4.90 Å². The maximum absolute atomic E-state index is 14.2. The monoisotopic (exact) mass is 636 g/mol. The molecule has 1 N–H and O–H groups in total. The Morgan fingerprint density at radius 2 is 1.56 bits per heavy atom. The Bertz CT molecular complexity index is 1280. The number of hydrogen-bond acceptors (Lipinski definition) is 3. The second-order valence-corrected chi connectivity index (χ2v) is 10.6. The van der Waals surface area contributed by atoms with E-state index in [-0.39, 0.29) is 24.8 Å². The number of carboxylic acid groups (broad SMARTS) is 1. The highest BCUT2D eigenvalue weighted by Crippen LogP contribution is 2.37. The Hall–Kier alpha value is -2.62. The van der Waals surface area contributed by atoms with Crippen molar-refractivity contribution in [2.75, 3.05) is 11.4 Å². The number of carbonyl (C=O) groups is 3. The summed E-state index contributed by atoms with van der Waals surface area (Å²) in [5.41, 5.74) is 2.43. The van der Waals surface area contributed by atoms with Gasteiger partial charge in [-0.2, -0.15) is 0 Å². The van der Waals surface area contributed by atoms with Crippen LogP contribution in [0.5, 0.6) is 0 Å². The van der Waals surface area contributed by atoms with Gasteiger partial charge in [0.25, 0.3) is 11.8 Å². The van der Waals surface area contributed by atoms with Gasteiger partial charge in [-0.25, -0.2) is 0 Å². The molecule has 0 spiro atoms. The maximum Gasteiger partial charge on any atom is 0.303 e. The van der Waals surface area contributed by atoms with E-state index < -0.39 is 12.0 Å². The van der Waals surface area contributed by atoms with E-state index in [0.717, 1.165) is 9.13 Å². The Labute approximate surface area is 232 Å². The zero-order chi connectivity index (χ0) is 25.8. The van der Waals surface area contributed by atoms with Gasteiger partial charge >= 0.3 is 5.97 Å². The third-order valence-corrected chi connectivity index (χ3v) is 7.20. The summed E-state index contributed by atoms with van der Waals surface area (Å²) in [6.07, 6.45) is 0.929. The summed E-state index contributed by atoms with van der Waals surface area (Å²) in [5, 5.41) is 10.1. The highest BCUT2D eigenvalue weighted by atomic mass is 127. The second-order valence-electron chi connectivity index (χ2n) is 8.52. The van der Waals surface area contributed by atoms with Crippen LogP contribution in [0.25, 0.3) is 0 Å². The lowest BCUT2D eigenvalue weighted by molar-refractivity contribution is -0.137. The van der Waals surface area contributed by atoms with Gasteiger partial charge in [-0.15, -0.1) is 0 Å². The number of carboxylic acids is 1. The summed E-state index contributed by atoms with van der Waals surface area (Å²) >= 11 is 14.3. The SMILES string of the molecule is O=C(O)CCCCN1C(=O)C(c2ccc(Cl)cc2)N(Cc2ccc(Cl)cc2)C(=O)c2cc(I)ccc21. The van der Waals surface area contributed by atoms with Gasteiger partial charge in [0.05, 0.1) is 11.3 Å². The van der Waals surface area contributed by atoms with Crippen LogP contribution < -0.4 is 4.90 Å². The fourth-order valence-corrected chi connectivity index (χ4v) is 5.02. The molecule has 1 aliphatic heterocycles. The number of rotatable bonds is 8. The Balaban J connectivity index is 1.81. The molecule has 6 nitrogen and oxygen atoms in total. The second kappa shape index (κ2) is 11.6. The van der Waals surface area contributed by atoms with Crippen LogP contribution in [0, 0.1) is 3.57 Å². The first kappa shape index (κ1) is 26.4. The number of aliphatic carboxylic acids is 1. The molecule has 36 heavy (non-hydrogen) atoms. The number of amides is 2. The molecule has 3 aromatic rings. The topological polar surface area (TPSA) is 77.9 Å². The lowest BCUT2D eigenvalue weighted by Gasteiger charge is -2.31. The predicted octanol–water partition coefficient (Wildman–Crippen LogP) is 6.58. The third-order valence-electron chi connectivity index (χ3n) is 6.03. The van der Waals surface area contributed by atoms with Crippen LogP contribution in [0.3, 0.4) is 0 Å². The van der Waals surface area contributed by atoms with Gasteiger partial charge < -0.3 is 14.9 Å². The van der Waals surface area contributed by atoms with Gasteiger partial charge in [0, 0.05) is 33.1 Å². The van der Waals surface area contributed by atoms with Crippen molar-refractivity contribution in [2.45, 2.75) is 31.8 Å². The van der Waals surface area contributed by atoms with Crippen molar-refractivity contribution in [3.8, 4) is 0 Å². The number of benzene rings is 3. The number of hydrogen-bond donors (Lipinski definition) is 1. The van der Waals surface area contributed by atoms with Crippen LogP contribution in [-0.2, 0) is 16.1 Å². The molecule has 0 aliphatic carbocycles. The smallest absolute Gasteiger partial charge is 0.303 e. The zero-order valence-corrected chi connectivity index (χ0v) is 22.8. The van der Waals surface area contributed by atoms with Crippen molar-refractivity contribution >= 4 is 69.3 Å². The summed E-state index contributed by atoms with van der Waals surface area (Å²) in [7, 11) is 0. The highest BCUT2D eigenvalue weighted by Gasteiger charge is 2.40. The van der Waals surface area contributed by atoms with Crippen molar-refractivity contribution in [3.63, 3.8) is 0 Å². The Kier molecular flexibility index (Phi) is 8.54. The van der Waals surface area contributed by atoms with Crippen LogP contribution in [0.15, 0.2) is 66.7 Å². The van der Waals surface area contributed by atoms with E-state index in [4.69, 9.17) is 28.3 Å². The molecular weight excluding hydrogens is 614 g/mol. The minimum absolute atomic E-state index is 0.0177. The largest absolute Gasteiger partial charge is 0.481 e. The molecule has 1 heterocycles. The maximum atomic E-state index is 14.2. The molecule has 9 heteroatoms. The first-order valence-electron chi connectivity index (χ1n) is 11.4. The van der Waals surface area contributed by atoms with Crippen LogP contribution >= 0.6 is 45.8 Å². The van der Waals surface area contributed by atoms with Crippen LogP contribution in [0.2, 0.25) is 10.0 Å². The number of anilines is 1. The molecule has 0 saturated heterocycles. The fourth-order valence-electron chi connectivity index (χ4n) is 4.28. The van der Waals surface area contributed by atoms with Crippen molar-refractivity contribution < 1.29 is 19.5 Å². The van der Waals surface area contributed by atoms with E-state index in [1.165, 1.54) is 0 Å². The van der Waals surface area contributed by atoms with Crippen molar-refractivity contribution in [3.05, 3.63) is 97.0 Å². The van der Waals surface area contributed by atoms with E-state index in [1.807, 2.05) is 18.2 Å². The van der Waals surface area contributed by atoms with E-state index in [0.29, 0.717) is 46.2 Å². The zero-order valence-electron chi connectivity index (χ0n) is 19.2. The molecular formula is C27H23Cl2IN2O4. The molecule has 1 aliphatic rings. The average Bonchev–Trinajstić information content (AvgIpc) is 2.92. The number of unbranched alkanes of at least 4 members (excludes halogenated alkanes) is 1. The Morgan fingerprint density at radius 1 is 0.917 bits per heavy atom. The molecule has 0 fully saturated rings. The van der Waals surface area contributed by atoms with Crippen molar-refractivity contribution in [1.29, 1.82) is 0 Å². The minimum Gasteiger partial charge on any atom is -0.481 e. The average molecular weight is 637 g/mol. The van der Waals surface area contributed by atoms with Crippen LogP contribution in [0.4, 0.5) is 5.69 Å². The van der Waals surface area contributed by atoms with Crippen molar-refractivity contribution in [2.24, 2.45) is 0 Å². The molecule has 3 aromatic carbocycles. The van der Waals surface area contributed by atoms with Gasteiger partial charge in [-0.1, -0.05) is 47.5 Å². The normalized spacial score (nSPS) is 15.6. The molecule has 4 rings (SSSR count). The molecule has 1 unspecified atom stereocenters. The summed E-state index contributed by atoms with van der Waals surface area (Å²) in [6, 6.07) is 18.6. The van der Waals surface area contributed by atoms with Gasteiger partial charge in [0.2, 0.25) is 0 Å². The minimum atomic E-state index is -0.894. The Morgan fingerprint density at radius 3 is 2.19 bits per heavy atom. The summed E-state index contributed by atoms with van der Waals surface area (Å²) in [4.78, 5) is 42.4. The predicted molar refractivity (Wildman–Crippen MR) is 149 cm³/mol. The molecule has 186 valence electrons. The molecule has 0 bridgehead atoms. The summed E-state index contributed by atoms with van der Waals surface area (Å²) in [6.45, 7) is 0.499. The van der Waals surface area contributed by atoms with E-state index in [1.54, 1.807) is 58.3 Å². The lowest BCUT2D eigenvalue weighted by atomic mass is 10.0. The molecule has 0 aromatic heterocycles. The van der Waals surface area contributed by atoms with E-state index >= 15 is 0 Å². The molecule has 0 radical (unpaired) electrons. The quantitative estimate of drug-likeness (QED) is 0.224. The molecule has 2 amide bonds. The van der Waals surface area contributed by atoms with E-state index in [2.05, 4.69) is 22.6 Å². The van der Waals surface area contributed by atoms with E-state index in [9.17, 15) is 14.4 Å². The van der Waals surface area contributed by atoms with Gasteiger partial charge in [0.15, 0.2) is 0 Å². The van der Waals surface area contributed by atoms with Gasteiger partial charge in [-0.3, -0.25) is 14.4 Å². The fraction of sp³-hybridized carbons (Fsp3) is 0.222. The number of carbonyl (C=O) groups excluding carboxylic acids is 2.